The molecule has 0 spiro atoms. The molecular weight excluding hydrogens is 473 g/mol. The standard InChI is InChI=1S/C29H36FN3O4/c1-17-6-4-5-7-19-12-24(19)32-28(35)25-14-21(16-33(25)27(34)11-18(2)10-17)37-29-23-13-20(30)8-9-22(23)26(36-3)15-31-29/h5,7-9,13,15,17-19,21,24-25H,4,6,10-12,14,16H2,1-3H3,(H,32,35)/b7-5-/t17-,18-,19-,21-,24-,25+/m1/s1. The zero-order valence-electron chi connectivity index (χ0n) is 21.8. The van der Waals surface area contributed by atoms with Gasteiger partial charge in [0.05, 0.1) is 25.2 Å². The molecule has 8 heteroatoms. The highest BCUT2D eigenvalue weighted by Gasteiger charge is 2.44. The molecule has 1 saturated carbocycles. The van der Waals surface area contributed by atoms with Gasteiger partial charge in [-0.1, -0.05) is 26.0 Å². The summed E-state index contributed by atoms with van der Waals surface area (Å²) in [5, 5.41) is 4.33. The molecule has 3 heterocycles. The molecule has 2 fully saturated rings. The van der Waals surface area contributed by atoms with Crippen LogP contribution in [0.1, 0.15) is 52.4 Å². The second kappa shape index (κ2) is 10.7. The van der Waals surface area contributed by atoms with Crippen LogP contribution in [-0.2, 0) is 9.59 Å². The first-order valence-corrected chi connectivity index (χ1v) is 13.4. The molecule has 6 atom stereocenters. The number of rotatable bonds is 3. The molecule has 2 aliphatic heterocycles. The molecule has 198 valence electrons. The van der Waals surface area contributed by atoms with Crippen LogP contribution in [0.5, 0.6) is 11.6 Å². The maximum atomic E-state index is 14.1. The van der Waals surface area contributed by atoms with Gasteiger partial charge in [-0.05, 0) is 61.6 Å². The number of benzene rings is 1. The highest BCUT2D eigenvalue weighted by Crippen LogP contribution is 2.35. The van der Waals surface area contributed by atoms with Gasteiger partial charge < -0.3 is 19.7 Å². The molecule has 0 bridgehead atoms. The van der Waals surface area contributed by atoms with Crippen LogP contribution in [0.25, 0.3) is 10.8 Å². The van der Waals surface area contributed by atoms with Crippen molar-refractivity contribution in [1.82, 2.24) is 15.2 Å². The molecule has 1 N–H and O–H groups in total. The first kappa shape index (κ1) is 25.5. The van der Waals surface area contributed by atoms with E-state index < -0.39 is 18.0 Å². The maximum absolute atomic E-state index is 14.1. The molecule has 37 heavy (non-hydrogen) atoms. The van der Waals surface area contributed by atoms with Crippen molar-refractivity contribution in [2.45, 2.75) is 70.6 Å². The number of ether oxygens (including phenoxy) is 2. The number of nitrogens with one attached hydrogen (secondary N) is 1. The number of carbonyl (C=O) groups is 2. The molecule has 2 amide bonds. The van der Waals surface area contributed by atoms with Crippen LogP contribution < -0.4 is 14.8 Å². The van der Waals surface area contributed by atoms with E-state index in [0.717, 1.165) is 25.7 Å². The van der Waals surface area contributed by atoms with Gasteiger partial charge in [-0.2, -0.15) is 0 Å². The van der Waals surface area contributed by atoms with Gasteiger partial charge >= 0.3 is 0 Å². The van der Waals surface area contributed by atoms with E-state index in [2.05, 4.69) is 36.3 Å². The number of carbonyl (C=O) groups excluding carboxylic acids is 2. The Kier molecular flexibility index (Phi) is 7.36. The molecule has 2 aromatic rings. The summed E-state index contributed by atoms with van der Waals surface area (Å²) in [4.78, 5) is 32.8. The summed E-state index contributed by atoms with van der Waals surface area (Å²) in [6.45, 7) is 4.64. The Bertz CT molecular complexity index is 1200. The largest absolute Gasteiger partial charge is 0.494 e. The Morgan fingerprint density at radius 1 is 1.11 bits per heavy atom. The van der Waals surface area contributed by atoms with Gasteiger partial charge in [-0.3, -0.25) is 9.59 Å². The summed E-state index contributed by atoms with van der Waals surface area (Å²) in [5.74, 6) is 1.36. The van der Waals surface area contributed by atoms with Crippen molar-refractivity contribution in [1.29, 1.82) is 0 Å². The van der Waals surface area contributed by atoms with Gasteiger partial charge in [0.15, 0.2) is 0 Å². The fourth-order valence-electron chi connectivity index (χ4n) is 5.81. The minimum atomic E-state index is -0.598. The summed E-state index contributed by atoms with van der Waals surface area (Å²) in [5.41, 5.74) is 0. The minimum absolute atomic E-state index is 0.0233. The van der Waals surface area contributed by atoms with Gasteiger partial charge in [-0.15, -0.1) is 0 Å². The lowest BCUT2D eigenvalue weighted by Gasteiger charge is -2.25. The molecule has 0 unspecified atom stereocenters. The summed E-state index contributed by atoms with van der Waals surface area (Å²) in [6.07, 6.45) is 10.4. The van der Waals surface area contributed by atoms with E-state index in [9.17, 15) is 14.0 Å². The predicted molar refractivity (Wildman–Crippen MR) is 139 cm³/mol. The first-order chi connectivity index (χ1) is 17.8. The number of fused-ring (bicyclic) bond motifs is 3. The third-order valence-electron chi connectivity index (χ3n) is 7.87. The number of nitrogens with zero attached hydrogens (tertiary/aromatic N) is 2. The number of allylic oxidation sites excluding steroid dienone is 1. The van der Waals surface area contributed by atoms with Crippen LogP contribution in [0.4, 0.5) is 4.39 Å². The van der Waals surface area contributed by atoms with Crippen LogP contribution in [0.15, 0.2) is 36.5 Å². The van der Waals surface area contributed by atoms with Gasteiger partial charge in [0.1, 0.15) is 23.7 Å². The summed E-state index contributed by atoms with van der Waals surface area (Å²) >= 11 is 0. The normalized spacial score (nSPS) is 31.5. The third-order valence-corrected chi connectivity index (χ3v) is 7.87. The monoisotopic (exact) mass is 509 g/mol. The van der Waals surface area contributed by atoms with Crippen molar-refractivity contribution in [3.05, 3.63) is 42.4 Å². The molecule has 1 aromatic heterocycles. The lowest BCUT2D eigenvalue weighted by atomic mass is 9.91. The maximum Gasteiger partial charge on any atom is 0.243 e. The van der Waals surface area contributed by atoms with Crippen molar-refractivity contribution in [2.75, 3.05) is 13.7 Å². The van der Waals surface area contributed by atoms with Crippen molar-refractivity contribution < 1.29 is 23.5 Å². The SMILES string of the molecule is COc1cnc(O[C@@H]2C[C@H]3C(=O)N[C@@H]4C[C@H]4/C=C\CC[C@@H](C)C[C@@H](C)CC(=O)N3C2)c2cc(F)ccc12. The topological polar surface area (TPSA) is 80.8 Å². The first-order valence-electron chi connectivity index (χ1n) is 13.4. The van der Waals surface area contributed by atoms with E-state index in [1.54, 1.807) is 17.2 Å². The zero-order valence-corrected chi connectivity index (χ0v) is 21.8. The molecule has 3 aliphatic rings. The van der Waals surface area contributed by atoms with E-state index in [1.807, 2.05) is 0 Å². The van der Waals surface area contributed by atoms with Crippen LogP contribution >= 0.6 is 0 Å². The van der Waals surface area contributed by atoms with Crippen LogP contribution in [0.3, 0.4) is 0 Å². The molecule has 1 saturated heterocycles. The summed E-state index contributed by atoms with van der Waals surface area (Å²) < 4.78 is 25.7. The zero-order chi connectivity index (χ0) is 26.1. The van der Waals surface area contributed by atoms with Crippen molar-refractivity contribution >= 4 is 22.6 Å². The van der Waals surface area contributed by atoms with Crippen LogP contribution in [0.2, 0.25) is 0 Å². The van der Waals surface area contributed by atoms with E-state index in [-0.39, 0.29) is 36.2 Å². The highest BCUT2D eigenvalue weighted by molar-refractivity contribution is 5.92. The Morgan fingerprint density at radius 3 is 2.76 bits per heavy atom. The highest BCUT2D eigenvalue weighted by atomic mass is 19.1. The van der Waals surface area contributed by atoms with E-state index in [4.69, 9.17) is 9.47 Å². The predicted octanol–water partition coefficient (Wildman–Crippen LogP) is 4.64. The number of hydrogen-bond acceptors (Lipinski definition) is 5. The molecule has 7 nitrogen and oxygen atoms in total. The van der Waals surface area contributed by atoms with E-state index in [0.29, 0.717) is 41.2 Å². The molecular formula is C29H36FN3O4. The van der Waals surface area contributed by atoms with Crippen LogP contribution in [-0.4, -0.2) is 53.5 Å². The van der Waals surface area contributed by atoms with Gasteiger partial charge in [0, 0.05) is 24.3 Å². The number of methoxy groups -OCH3 is 1. The second-order valence-corrected chi connectivity index (χ2v) is 11.0. The average molecular weight is 510 g/mol. The number of pyridine rings is 1. The van der Waals surface area contributed by atoms with E-state index >= 15 is 0 Å². The lowest BCUT2D eigenvalue weighted by Crippen LogP contribution is -2.47. The van der Waals surface area contributed by atoms with E-state index in [1.165, 1.54) is 19.2 Å². The lowest BCUT2D eigenvalue weighted by molar-refractivity contribution is -0.139. The second-order valence-electron chi connectivity index (χ2n) is 11.0. The Labute approximate surface area is 217 Å². The van der Waals surface area contributed by atoms with Crippen LogP contribution in [0, 0.1) is 23.6 Å². The van der Waals surface area contributed by atoms with Gasteiger partial charge in [-0.25, -0.2) is 9.37 Å². The summed E-state index contributed by atoms with van der Waals surface area (Å²) in [7, 11) is 1.54. The van der Waals surface area contributed by atoms with Crippen molar-refractivity contribution in [2.24, 2.45) is 17.8 Å². The quantitative estimate of drug-likeness (QED) is 0.610. The summed E-state index contributed by atoms with van der Waals surface area (Å²) in [6, 6.07) is 3.90. The molecule has 5 rings (SSSR count). The molecule has 0 radical (unpaired) electrons. The molecule has 1 aromatic carbocycles. The Balaban J connectivity index is 1.38. The number of aromatic nitrogens is 1. The fraction of sp³-hybridized carbons (Fsp3) is 0.552. The Morgan fingerprint density at radius 2 is 1.95 bits per heavy atom. The number of hydrogen-bond donors (Lipinski definition) is 1. The fourth-order valence-corrected chi connectivity index (χ4v) is 5.81. The minimum Gasteiger partial charge on any atom is -0.494 e. The number of halogens is 1. The van der Waals surface area contributed by atoms with Crippen molar-refractivity contribution in [3.8, 4) is 11.6 Å². The molecule has 1 aliphatic carbocycles. The average Bonchev–Trinajstić information content (AvgIpc) is 3.45. The van der Waals surface area contributed by atoms with Gasteiger partial charge in [0.25, 0.3) is 0 Å². The van der Waals surface area contributed by atoms with Gasteiger partial charge in [0.2, 0.25) is 17.7 Å². The van der Waals surface area contributed by atoms with Crippen molar-refractivity contribution in [3.63, 3.8) is 0 Å². The number of amides is 2. The Hall–Kier alpha value is -3.16. The third kappa shape index (κ3) is 5.73. The smallest absolute Gasteiger partial charge is 0.243 e.